The molecule has 1 saturated heterocycles. The van der Waals surface area contributed by atoms with Crippen LogP contribution in [0.15, 0.2) is 34.9 Å². The summed E-state index contributed by atoms with van der Waals surface area (Å²) < 4.78 is 18.2. The fraction of sp³-hybridized carbons (Fsp3) is 0.500. The van der Waals surface area contributed by atoms with Crippen LogP contribution in [-0.4, -0.2) is 23.0 Å². The highest BCUT2D eigenvalue weighted by molar-refractivity contribution is 5.16. The Kier molecular flexibility index (Phi) is 4.88. The number of aryl methyl sites for hydroxylation is 2. The molecule has 1 atom stereocenters. The number of piperidine rings is 1. The van der Waals surface area contributed by atoms with Crippen LogP contribution in [-0.2, 0) is 13.0 Å². The average molecular weight is 302 g/mol. The van der Waals surface area contributed by atoms with Crippen LogP contribution < -0.4 is 0 Å². The van der Waals surface area contributed by atoms with Crippen LogP contribution >= 0.6 is 0 Å². The van der Waals surface area contributed by atoms with E-state index in [4.69, 9.17) is 4.42 Å². The number of hydrogen-bond acceptors (Lipinski definition) is 3. The zero-order valence-electron chi connectivity index (χ0n) is 13.1. The van der Waals surface area contributed by atoms with Crippen molar-refractivity contribution >= 4 is 0 Å². The Bertz CT molecular complexity index is 593. The molecule has 22 heavy (non-hydrogen) atoms. The third-order valence-corrected chi connectivity index (χ3v) is 4.41. The van der Waals surface area contributed by atoms with Crippen molar-refractivity contribution in [1.82, 2.24) is 9.88 Å². The molecule has 2 aromatic rings. The molecule has 0 N–H and O–H groups in total. The molecular formula is C18H23FN2O. The van der Waals surface area contributed by atoms with Crippen molar-refractivity contribution in [3.63, 3.8) is 0 Å². The van der Waals surface area contributed by atoms with Gasteiger partial charge < -0.3 is 4.42 Å². The fourth-order valence-electron chi connectivity index (χ4n) is 3.26. The smallest absolute Gasteiger partial charge is 0.191 e. The topological polar surface area (TPSA) is 29.3 Å². The summed E-state index contributed by atoms with van der Waals surface area (Å²) in [6, 6.07) is 6.90. The zero-order valence-corrected chi connectivity index (χ0v) is 13.1. The summed E-state index contributed by atoms with van der Waals surface area (Å²) in [5.74, 6) is 1.29. The van der Waals surface area contributed by atoms with E-state index in [2.05, 4.69) is 9.88 Å². The Morgan fingerprint density at radius 2 is 2.14 bits per heavy atom. The van der Waals surface area contributed by atoms with Gasteiger partial charge in [-0.15, -0.1) is 0 Å². The van der Waals surface area contributed by atoms with E-state index in [-0.39, 0.29) is 5.82 Å². The number of rotatable bonds is 5. The lowest BCUT2D eigenvalue weighted by Gasteiger charge is -2.32. The van der Waals surface area contributed by atoms with Crippen molar-refractivity contribution in [2.45, 2.75) is 39.2 Å². The number of likely N-dealkylation sites (tertiary alicyclic amines) is 1. The van der Waals surface area contributed by atoms with Crippen molar-refractivity contribution < 1.29 is 8.81 Å². The minimum absolute atomic E-state index is 0.157. The summed E-state index contributed by atoms with van der Waals surface area (Å²) >= 11 is 0. The number of halogens is 1. The summed E-state index contributed by atoms with van der Waals surface area (Å²) in [4.78, 5) is 6.86. The highest BCUT2D eigenvalue weighted by atomic mass is 19.1. The van der Waals surface area contributed by atoms with E-state index in [9.17, 15) is 4.39 Å². The molecule has 118 valence electrons. The number of benzene rings is 1. The van der Waals surface area contributed by atoms with Crippen molar-refractivity contribution in [2.75, 3.05) is 13.1 Å². The molecule has 4 heteroatoms. The molecule has 0 aliphatic carbocycles. The summed E-state index contributed by atoms with van der Waals surface area (Å²) in [5.41, 5.74) is 2.25. The lowest BCUT2D eigenvalue weighted by molar-refractivity contribution is 0.160. The number of aromatic nitrogens is 1. The normalized spacial score (nSPS) is 19.5. The van der Waals surface area contributed by atoms with E-state index in [1.165, 1.54) is 24.8 Å². The lowest BCUT2D eigenvalue weighted by atomic mass is 9.91. The third-order valence-electron chi connectivity index (χ3n) is 4.41. The molecule has 1 aromatic carbocycles. The minimum atomic E-state index is -0.157. The first-order valence-corrected chi connectivity index (χ1v) is 8.07. The van der Waals surface area contributed by atoms with Gasteiger partial charge in [-0.1, -0.05) is 12.1 Å². The Morgan fingerprint density at radius 3 is 2.86 bits per heavy atom. The van der Waals surface area contributed by atoms with Crippen LogP contribution in [0.4, 0.5) is 4.39 Å². The molecule has 0 spiro atoms. The van der Waals surface area contributed by atoms with Gasteiger partial charge in [0.05, 0.1) is 5.69 Å². The largest absolute Gasteiger partial charge is 0.449 e. The molecule has 3 rings (SSSR count). The molecule has 1 aliphatic heterocycles. The number of oxazole rings is 1. The highest BCUT2D eigenvalue weighted by Gasteiger charge is 2.20. The van der Waals surface area contributed by atoms with E-state index in [1.54, 1.807) is 18.4 Å². The van der Waals surface area contributed by atoms with Crippen LogP contribution in [0.3, 0.4) is 0 Å². The second kappa shape index (κ2) is 7.05. The molecule has 0 unspecified atom stereocenters. The number of hydrogen-bond donors (Lipinski definition) is 0. The average Bonchev–Trinajstić information content (AvgIpc) is 2.92. The van der Waals surface area contributed by atoms with Crippen LogP contribution in [0, 0.1) is 18.7 Å². The van der Waals surface area contributed by atoms with Gasteiger partial charge in [-0.3, -0.25) is 4.90 Å². The van der Waals surface area contributed by atoms with Crippen LogP contribution in [0.5, 0.6) is 0 Å². The second-order valence-corrected chi connectivity index (χ2v) is 6.27. The highest BCUT2D eigenvalue weighted by Crippen LogP contribution is 2.23. The van der Waals surface area contributed by atoms with Crippen molar-refractivity contribution in [2.24, 2.45) is 5.92 Å². The van der Waals surface area contributed by atoms with E-state index in [0.717, 1.165) is 37.6 Å². The first-order valence-electron chi connectivity index (χ1n) is 8.07. The van der Waals surface area contributed by atoms with Crippen molar-refractivity contribution in [3.8, 4) is 0 Å². The van der Waals surface area contributed by atoms with E-state index < -0.39 is 0 Å². The number of nitrogens with zero attached hydrogens (tertiary/aromatic N) is 2. The van der Waals surface area contributed by atoms with Gasteiger partial charge in [-0.05, 0) is 55.8 Å². The molecule has 0 radical (unpaired) electrons. The molecule has 1 aliphatic rings. The van der Waals surface area contributed by atoms with Gasteiger partial charge in [-0.2, -0.15) is 0 Å². The molecule has 0 saturated carbocycles. The molecule has 1 fully saturated rings. The maximum absolute atomic E-state index is 12.9. The third kappa shape index (κ3) is 4.17. The summed E-state index contributed by atoms with van der Waals surface area (Å²) in [5, 5.41) is 0. The minimum Gasteiger partial charge on any atom is -0.449 e. The molecule has 0 amide bonds. The van der Waals surface area contributed by atoms with Gasteiger partial charge in [0.1, 0.15) is 12.1 Å². The quantitative estimate of drug-likeness (QED) is 0.837. The van der Waals surface area contributed by atoms with E-state index >= 15 is 0 Å². The van der Waals surface area contributed by atoms with Crippen LogP contribution in [0.2, 0.25) is 0 Å². The monoisotopic (exact) mass is 302 g/mol. The molecule has 3 nitrogen and oxygen atoms in total. The molecule has 1 aromatic heterocycles. The fourth-order valence-corrected chi connectivity index (χ4v) is 3.26. The first-order chi connectivity index (χ1) is 10.7. The maximum atomic E-state index is 12.9. The summed E-state index contributed by atoms with van der Waals surface area (Å²) in [6.07, 6.45) is 6.49. The molecule has 0 bridgehead atoms. The SMILES string of the molecule is Cc1nc(CN2CCC[C@@H](CCc3ccc(F)cc3)C2)co1. The van der Waals surface area contributed by atoms with E-state index in [0.29, 0.717) is 5.92 Å². The molecular weight excluding hydrogens is 279 g/mol. The van der Waals surface area contributed by atoms with Crippen molar-refractivity contribution in [3.05, 3.63) is 53.5 Å². The Morgan fingerprint density at radius 1 is 1.32 bits per heavy atom. The Balaban J connectivity index is 1.49. The Labute approximate surface area is 131 Å². The van der Waals surface area contributed by atoms with Gasteiger partial charge in [0, 0.05) is 20.0 Å². The maximum Gasteiger partial charge on any atom is 0.191 e. The van der Waals surface area contributed by atoms with Gasteiger partial charge in [0.25, 0.3) is 0 Å². The van der Waals surface area contributed by atoms with Gasteiger partial charge in [0.15, 0.2) is 5.89 Å². The van der Waals surface area contributed by atoms with Crippen LogP contribution in [0.25, 0.3) is 0 Å². The predicted octanol–water partition coefficient (Wildman–Crippen LogP) is 3.97. The first kappa shape index (κ1) is 15.2. The predicted molar refractivity (Wildman–Crippen MR) is 84.0 cm³/mol. The van der Waals surface area contributed by atoms with Gasteiger partial charge >= 0.3 is 0 Å². The standard InChI is InChI=1S/C18H23FN2O/c1-14-20-18(13-22-14)12-21-10-2-3-16(11-21)5-4-15-6-8-17(19)9-7-15/h6-9,13,16H,2-5,10-12H2,1H3/t16-/m0/s1. The van der Waals surface area contributed by atoms with Gasteiger partial charge in [-0.25, -0.2) is 9.37 Å². The Hall–Kier alpha value is -1.68. The summed E-state index contributed by atoms with van der Waals surface area (Å²) in [7, 11) is 0. The van der Waals surface area contributed by atoms with Crippen molar-refractivity contribution in [1.29, 1.82) is 0 Å². The molecule has 2 heterocycles. The van der Waals surface area contributed by atoms with Gasteiger partial charge in [0.2, 0.25) is 0 Å². The second-order valence-electron chi connectivity index (χ2n) is 6.27. The summed E-state index contributed by atoms with van der Waals surface area (Å²) in [6.45, 7) is 5.02. The van der Waals surface area contributed by atoms with E-state index in [1.807, 2.05) is 19.1 Å². The lowest BCUT2D eigenvalue weighted by Crippen LogP contribution is -2.35. The van der Waals surface area contributed by atoms with Crippen LogP contribution in [0.1, 0.15) is 36.4 Å². The zero-order chi connectivity index (χ0) is 15.4.